The first-order valence-corrected chi connectivity index (χ1v) is 5.81. The van der Waals surface area contributed by atoms with Gasteiger partial charge in [0.15, 0.2) is 0 Å². The van der Waals surface area contributed by atoms with E-state index in [0.717, 1.165) is 32.2 Å². The Hall–Kier alpha value is -0.120. The number of hydrogen-bond donors (Lipinski definition) is 1. The Morgan fingerprint density at radius 3 is 2.57 bits per heavy atom. The summed E-state index contributed by atoms with van der Waals surface area (Å²) in [6, 6.07) is 1.36. The predicted octanol–water partition coefficient (Wildman–Crippen LogP) is 0.705. The SMILES string of the molecule is C[C@@H]1CNC[C@H](C)N1CC1CCOC1. The Morgan fingerprint density at radius 2 is 2.00 bits per heavy atom. The molecule has 2 fully saturated rings. The van der Waals surface area contributed by atoms with Crippen LogP contribution in [0, 0.1) is 5.92 Å². The second-order valence-electron chi connectivity index (χ2n) is 4.78. The van der Waals surface area contributed by atoms with Gasteiger partial charge in [0.1, 0.15) is 0 Å². The first-order chi connectivity index (χ1) is 6.77. The Kier molecular flexibility index (Phi) is 3.42. The molecular formula is C11H22N2O. The van der Waals surface area contributed by atoms with E-state index in [1.165, 1.54) is 13.0 Å². The summed E-state index contributed by atoms with van der Waals surface area (Å²) in [7, 11) is 0. The predicted molar refractivity (Wildman–Crippen MR) is 57.4 cm³/mol. The van der Waals surface area contributed by atoms with Gasteiger partial charge >= 0.3 is 0 Å². The lowest BCUT2D eigenvalue weighted by molar-refractivity contribution is 0.0897. The molecule has 3 atom stereocenters. The molecule has 2 aliphatic rings. The normalized spacial score (nSPS) is 40.3. The molecule has 2 rings (SSSR count). The minimum atomic E-state index is 0.680. The fraction of sp³-hybridized carbons (Fsp3) is 1.00. The van der Waals surface area contributed by atoms with Crippen molar-refractivity contribution in [2.45, 2.75) is 32.4 Å². The third kappa shape index (κ3) is 2.27. The van der Waals surface area contributed by atoms with Crippen molar-refractivity contribution in [3.05, 3.63) is 0 Å². The summed E-state index contributed by atoms with van der Waals surface area (Å²) < 4.78 is 5.43. The average molecular weight is 198 g/mol. The first-order valence-electron chi connectivity index (χ1n) is 5.81. The minimum absolute atomic E-state index is 0.680. The van der Waals surface area contributed by atoms with Crippen LogP contribution >= 0.6 is 0 Å². The maximum absolute atomic E-state index is 5.43. The van der Waals surface area contributed by atoms with Crippen LogP contribution in [0.15, 0.2) is 0 Å². The molecule has 82 valence electrons. The van der Waals surface area contributed by atoms with Crippen molar-refractivity contribution in [2.24, 2.45) is 5.92 Å². The zero-order valence-electron chi connectivity index (χ0n) is 9.33. The molecule has 1 N–H and O–H groups in total. The lowest BCUT2D eigenvalue weighted by Gasteiger charge is -2.40. The van der Waals surface area contributed by atoms with E-state index in [1.54, 1.807) is 0 Å². The summed E-state index contributed by atoms with van der Waals surface area (Å²) in [6.45, 7) is 10.1. The second kappa shape index (κ2) is 4.60. The summed E-state index contributed by atoms with van der Waals surface area (Å²) in [5, 5.41) is 3.47. The van der Waals surface area contributed by atoms with Crippen LogP contribution < -0.4 is 5.32 Å². The second-order valence-corrected chi connectivity index (χ2v) is 4.78. The van der Waals surface area contributed by atoms with Crippen LogP contribution in [-0.4, -0.2) is 49.8 Å². The molecule has 0 aliphatic carbocycles. The number of piperazine rings is 1. The van der Waals surface area contributed by atoms with Gasteiger partial charge in [0.25, 0.3) is 0 Å². The van der Waals surface area contributed by atoms with Gasteiger partial charge in [-0.2, -0.15) is 0 Å². The van der Waals surface area contributed by atoms with Crippen molar-refractivity contribution in [1.82, 2.24) is 10.2 Å². The van der Waals surface area contributed by atoms with Crippen molar-refractivity contribution >= 4 is 0 Å². The first kappa shape index (κ1) is 10.4. The lowest BCUT2D eigenvalue weighted by atomic mass is 10.0. The van der Waals surface area contributed by atoms with E-state index in [9.17, 15) is 0 Å². The molecule has 2 saturated heterocycles. The molecule has 0 radical (unpaired) electrons. The van der Waals surface area contributed by atoms with Crippen LogP contribution in [0.4, 0.5) is 0 Å². The number of rotatable bonds is 2. The van der Waals surface area contributed by atoms with E-state index in [4.69, 9.17) is 4.74 Å². The molecule has 3 nitrogen and oxygen atoms in total. The van der Waals surface area contributed by atoms with Crippen molar-refractivity contribution in [3.8, 4) is 0 Å². The van der Waals surface area contributed by atoms with Crippen LogP contribution in [0.5, 0.6) is 0 Å². The minimum Gasteiger partial charge on any atom is -0.381 e. The molecule has 0 aromatic rings. The largest absolute Gasteiger partial charge is 0.381 e. The van der Waals surface area contributed by atoms with Gasteiger partial charge < -0.3 is 10.1 Å². The molecule has 0 bridgehead atoms. The van der Waals surface area contributed by atoms with Crippen molar-refractivity contribution in [1.29, 1.82) is 0 Å². The molecule has 14 heavy (non-hydrogen) atoms. The van der Waals surface area contributed by atoms with Gasteiger partial charge in [0.05, 0.1) is 6.61 Å². The third-order valence-corrected chi connectivity index (χ3v) is 3.50. The molecule has 0 aromatic carbocycles. The molecule has 0 aromatic heterocycles. The van der Waals surface area contributed by atoms with E-state index >= 15 is 0 Å². The highest BCUT2D eigenvalue weighted by atomic mass is 16.5. The van der Waals surface area contributed by atoms with E-state index < -0.39 is 0 Å². The summed E-state index contributed by atoms with van der Waals surface area (Å²) in [5.74, 6) is 0.776. The molecule has 2 aliphatic heterocycles. The number of nitrogens with zero attached hydrogens (tertiary/aromatic N) is 1. The van der Waals surface area contributed by atoms with Gasteiger partial charge in [-0.15, -0.1) is 0 Å². The van der Waals surface area contributed by atoms with Crippen molar-refractivity contribution in [2.75, 3.05) is 32.8 Å². The Balaban J connectivity index is 1.86. The smallest absolute Gasteiger partial charge is 0.0507 e. The maximum Gasteiger partial charge on any atom is 0.0507 e. The summed E-state index contributed by atoms with van der Waals surface area (Å²) in [4.78, 5) is 2.63. The molecule has 2 heterocycles. The molecular weight excluding hydrogens is 176 g/mol. The molecule has 0 saturated carbocycles. The number of hydrogen-bond acceptors (Lipinski definition) is 3. The maximum atomic E-state index is 5.43. The summed E-state index contributed by atoms with van der Waals surface area (Å²) in [6.07, 6.45) is 1.25. The average Bonchev–Trinajstić information content (AvgIpc) is 2.64. The van der Waals surface area contributed by atoms with Crippen LogP contribution in [0.25, 0.3) is 0 Å². The van der Waals surface area contributed by atoms with Gasteiger partial charge in [0, 0.05) is 38.3 Å². The summed E-state index contributed by atoms with van der Waals surface area (Å²) >= 11 is 0. The lowest BCUT2D eigenvalue weighted by Crippen LogP contribution is -2.56. The highest BCUT2D eigenvalue weighted by molar-refractivity contribution is 4.84. The monoisotopic (exact) mass is 198 g/mol. The van der Waals surface area contributed by atoms with Gasteiger partial charge in [0.2, 0.25) is 0 Å². The zero-order chi connectivity index (χ0) is 9.97. The molecule has 3 heteroatoms. The fourth-order valence-corrected chi connectivity index (χ4v) is 2.56. The van der Waals surface area contributed by atoms with Crippen LogP contribution in [-0.2, 0) is 4.74 Å². The van der Waals surface area contributed by atoms with Crippen molar-refractivity contribution < 1.29 is 4.74 Å². The highest BCUT2D eigenvalue weighted by Crippen LogP contribution is 2.18. The van der Waals surface area contributed by atoms with Crippen molar-refractivity contribution in [3.63, 3.8) is 0 Å². The van der Waals surface area contributed by atoms with E-state index in [-0.39, 0.29) is 0 Å². The Morgan fingerprint density at radius 1 is 1.29 bits per heavy atom. The van der Waals surface area contributed by atoms with Gasteiger partial charge in [-0.3, -0.25) is 4.90 Å². The molecule has 0 amide bonds. The molecule has 1 unspecified atom stereocenters. The molecule has 0 spiro atoms. The Labute approximate surface area is 86.8 Å². The quantitative estimate of drug-likeness (QED) is 0.707. The van der Waals surface area contributed by atoms with Crippen LogP contribution in [0.1, 0.15) is 20.3 Å². The number of nitrogens with one attached hydrogen (secondary N) is 1. The van der Waals surface area contributed by atoms with E-state index in [2.05, 4.69) is 24.1 Å². The topological polar surface area (TPSA) is 24.5 Å². The highest BCUT2D eigenvalue weighted by Gasteiger charge is 2.28. The van der Waals surface area contributed by atoms with Gasteiger partial charge in [-0.05, 0) is 26.2 Å². The van der Waals surface area contributed by atoms with Gasteiger partial charge in [-0.25, -0.2) is 0 Å². The van der Waals surface area contributed by atoms with Crippen LogP contribution in [0.2, 0.25) is 0 Å². The van der Waals surface area contributed by atoms with E-state index in [0.29, 0.717) is 12.1 Å². The number of ether oxygens (including phenoxy) is 1. The Bertz CT molecular complexity index is 170. The van der Waals surface area contributed by atoms with E-state index in [1.807, 2.05) is 0 Å². The zero-order valence-corrected chi connectivity index (χ0v) is 9.33. The van der Waals surface area contributed by atoms with Gasteiger partial charge in [-0.1, -0.05) is 0 Å². The fourth-order valence-electron chi connectivity index (χ4n) is 2.56. The standard InChI is InChI=1S/C11H22N2O/c1-9-5-12-6-10(2)13(9)7-11-3-4-14-8-11/h9-12H,3-8H2,1-2H3/t9-,10+,11?. The summed E-state index contributed by atoms with van der Waals surface area (Å²) in [5.41, 5.74) is 0. The van der Waals surface area contributed by atoms with Crippen LogP contribution in [0.3, 0.4) is 0 Å². The third-order valence-electron chi connectivity index (χ3n) is 3.50.